The first kappa shape index (κ1) is 23.3. The molecule has 2 aromatic carbocycles. The van der Waals surface area contributed by atoms with Crippen LogP contribution >= 0.6 is 22.9 Å². The fourth-order valence-corrected chi connectivity index (χ4v) is 3.83. The minimum absolute atomic E-state index is 0.292. The topological polar surface area (TPSA) is 89.5 Å². The molecule has 2 amide bonds. The maximum absolute atomic E-state index is 12.7. The van der Waals surface area contributed by atoms with E-state index >= 15 is 0 Å². The first-order valence-corrected chi connectivity index (χ1v) is 11.4. The number of rotatable bonds is 7. The third-order valence-corrected chi connectivity index (χ3v) is 5.95. The zero-order valence-corrected chi connectivity index (χ0v) is 19.9. The summed E-state index contributed by atoms with van der Waals surface area (Å²) < 4.78 is 11.1. The molecule has 2 aromatic heterocycles. The molecule has 34 heavy (non-hydrogen) atoms. The molecule has 4 rings (SSSR count). The van der Waals surface area contributed by atoms with Crippen molar-refractivity contribution in [2.45, 2.75) is 6.92 Å². The lowest BCUT2D eigenvalue weighted by atomic mass is 10.1. The Hall–Kier alpha value is -3.88. The van der Waals surface area contributed by atoms with Gasteiger partial charge >= 0.3 is 0 Å². The van der Waals surface area contributed by atoms with E-state index in [1.54, 1.807) is 49.6 Å². The van der Waals surface area contributed by atoms with Crippen LogP contribution in [0.25, 0.3) is 0 Å². The molecule has 0 spiro atoms. The third-order valence-electron chi connectivity index (χ3n) is 4.75. The van der Waals surface area contributed by atoms with Crippen molar-refractivity contribution >= 4 is 46.1 Å². The number of carbonyl (C=O) groups is 2. The van der Waals surface area contributed by atoms with E-state index in [4.69, 9.17) is 21.1 Å². The molecule has 0 saturated heterocycles. The lowest BCUT2D eigenvalue weighted by Crippen LogP contribution is -2.14. The van der Waals surface area contributed by atoms with Crippen LogP contribution in [0, 0.1) is 6.92 Å². The number of aromatic nitrogens is 1. The molecule has 0 radical (unpaired) electrons. The maximum atomic E-state index is 12.7. The molecule has 0 aliphatic heterocycles. The highest BCUT2D eigenvalue weighted by molar-refractivity contribution is 7.12. The standard InChI is InChI=1S/C25H20ClN3O4S/c1-15-5-9-20(21(12-15)32-2)33-23-10-7-17(14-27-23)28-24(30)16-6-8-18(26)19(13-16)29-25(31)22-4-3-11-34-22/h3-14H,1-2H3,(H,28,30)(H,29,31). The molecule has 2 N–H and O–H groups in total. The fourth-order valence-electron chi connectivity index (χ4n) is 3.04. The van der Waals surface area contributed by atoms with E-state index in [1.165, 1.54) is 23.6 Å². The molecule has 0 aliphatic carbocycles. The Labute approximate surface area is 205 Å². The summed E-state index contributed by atoms with van der Waals surface area (Å²) in [7, 11) is 1.57. The van der Waals surface area contributed by atoms with E-state index in [0.717, 1.165) is 5.56 Å². The van der Waals surface area contributed by atoms with Crippen molar-refractivity contribution in [3.63, 3.8) is 0 Å². The van der Waals surface area contributed by atoms with E-state index in [0.29, 0.717) is 44.2 Å². The van der Waals surface area contributed by atoms with Gasteiger partial charge in [0.2, 0.25) is 5.88 Å². The first-order chi connectivity index (χ1) is 16.4. The van der Waals surface area contributed by atoms with Gasteiger partial charge < -0.3 is 20.1 Å². The van der Waals surface area contributed by atoms with Crippen LogP contribution in [0.2, 0.25) is 5.02 Å². The average molecular weight is 494 g/mol. The van der Waals surface area contributed by atoms with Gasteiger partial charge in [-0.1, -0.05) is 23.7 Å². The SMILES string of the molecule is COc1cc(C)ccc1Oc1ccc(NC(=O)c2ccc(Cl)c(NC(=O)c3cccs3)c2)cn1. The number of hydrogen-bond donors (Lipinski definition) is 2. The van der Waals surface area contributed by atoms with Crippen molar-refractivity contribution in [2.75, 3.05) is 17.7 Å². The second-order valence-electron chi connectivity index (χ2n) is 7.22. The summed E-state index contributed by atoms with van der Waals surface area (Å²) in [6, 6.07) is 17.1. The summed E-state index contributed by atoms with van der Waals surface area (Å²) in [5.74, 6) is 0.822. The second-order valence-corrected chi connectivity index (χ2v) is 8.58. The van der Waals surface area contributed by atoms with Gasteiger partial charge in [0.15, 0.2) is 11.5 Å². The Balaban J connectivity index is 1.43. The van der Waals surface area contributed by atoms with Crippen LogP contribution in [-0.4, -0.2) is 23.9 Å². The van der Waals surface area contributed by atoms with Gasteiger partial charge in [-0.2, -0.15) is 0 Å². The summed E-state index contributed by atoms with van der Waals surface area (Å²) in [5, 5.41) is 7.64. The summed E-state index contributed by atoms with van der Waals surface area (Å²) >= 11 is 7.52. The summed E-state index contributed by atoms with van der Waals surface area (Å²) in [6.07, 6.45) is 1.49. The number of thiophene rings is 1. The molecule has 0 aliphatic rings. The van der Waals surface area contributed by atoms with Crippen LogP contribution in [-0.2, 0) is 0 Å². The van der Waals surface area contributed by atoms with E-state index in [1.807, 2.05) is 24.4 Å². The molecule has 2 heterocycles. The molecule has 0 fully saturated rings. The smallest absolute Gasteiger partial charge is 0.265 e. The van der Waals surface area contributed by atoms with Crippen LogP contribution in [0.5, 0.6) is 17.4 Å². The lowest BCUT2D eigenvalue weighted by Gasteiger charge is -2.11. The van der Waals surface area contributed by atoms with E-state index in [-0.39, 0.29) is 11.8 Å². The molecular formula is C25H20ClN3O4S. The molecule has 0 bridgehead atoms. The molecule has 0 saturated carbocycles. The molecule has 0 unspecified atom stereocenters. The summed E-state index contributed by atoms with van der Waals surface area (Å²) in [4.78, 5) is 29.9. The number of pyridine rings is 1. The molecule has 172 valence electrons. The van der Waals surface area contributed by atoms with Gasteiger partial charge in [0.1, 0.15) is 0 Å². The number of methoxy groups -OCH3 is 1. The van der Waals surface area contributed by atoms with Crippen molar-refractivity contribution in [1.82, 2.24) is 4.98 Å². The minimum atomic E-state index is -0.376. The number of hydrogen-bond acceptors (Lipinski definition) is 6. The van der Waals surface area contributed by atoms with Gasteiger partial charge in [-0.25, -0.2) is 4.98 Å². The molecule has 9 heteroatoms. The van der Waals surface area contributed by atoms with Crippen LogP contribution < -0.4 is 20.1 Å². The van der Waals surface area contributed by atoms with E-state index in [2.05, 4.69) is 15.6 Å². The van der Waals surface area contributed by atoms with Crippen LogP contribution in [0.1, 0.15) is 25.6 Å². The third kappa shape index (κ3) is 5.54. The number of carbonyl (C=O) groups excluding carboxylic acids is 2. The van der Waals surface area contributed by atoms with Crippen molar-refractivity contribution in [1.29, 1.82) is 0 Å². The minimum Gasteiger partial charge on any atom is -0.493 e. The number of anilines is 2. The highest BCUT2D eigenvalue weighted by Gasteiger charge is 2.14. The number of ether oxygens (including phenoxy) is 2. The molecule has 0 atom stereocenters. The quantitative estimate of drug-likeness (QED) is 0.310. The zero-order chi connectivity index (χ0) is 24.1. The van der Waals surface area contributed by atoms with Crippen LogP contribution in [0.15, 0.2) is 72.2 Å². The fraction of sp³-hybridized carbons (Fsp3) is 0.0800. The van der Waals surface area contributed by atoms with Crippen LogP contribution in [0.4, 0.5) is 11.4 Å². The molecule has 7 nitrogen and oxygen atoms in total. The second kappa shape index (κ2) is 10.4. The highest BCUT2D eigenvalue weighted by atomic mass is 35.5. The van der Waals surface area contributed by atoms with Gasteiger partial charge in [-0.05, 0) is 60.3 Å². The Morgan fingerprint density at radius 3 is 2.53 bits per heavy atom. The summed E-state index contributed by atoms with van der Waals surface area (Å²) in [6.45, 7) is 1.96. The largest absolute Gasteiger partial charge is 0.493 e. The number of halogens is 1. The number of nitrogens with zero attached hydrogens (tertiary/aromatic N) is 1. The Morgan fingerprint density at radius 2 is 1.82 bits per heavy atom. The van der Waals surface area contributed by atoms with Crippen molar-refractivity contribution < 1.29 is 19.1 Å². The Morgan fingerprint density at radius 1 is 0.971 bits per heavy atom. The zero-order valence-electron chi connectivity index (χ0n) is 18.3. The number of nitrogens with one attached hydrogen (secondary N) is 2. The normalized spacial score (nSPS) is 10.4. The van der Waals surface area contributed by atoms with Crippen LogP contribution in [0.3, 0.4) is 0 Å². The lowest BCUT2D eigenvalue weighted by molar-refractivity contribution is 0.101. The van der Waals surface area contributed by atoms with Crippen molar-refractivity contribution in [3.05, 3.63) is 93.3 Å². The van der Waals surface area contributed by atoms with Gasteiger partial charge in [0, 0.05) is 11.6 Å². The monoisotopic (exact) mass is 493 g/mol. The Kier molecular flexibility index (Phi) is 7.10. The van der Waals surface area contributed by atoms with Crippen molar-refractivity contribution in [2.24, 2.45) is 0 Å². The highest BCUT2D eigenvalue weighted by Crippen LogP contribution is 2.31. The number of amides is 2. The number of aryl methyl sites for hydroxylation is 1. The molecular weight excluding hydrogens is 474 g/mol. The Bertz CT molecular complexity index is 1320. The van der Waals surface area contributed by atoms with E-state index < -0.39 is 0 Å². The first-order valence-electron chi connectivity index (χ1n) is 10.2. The predicted molar refractivity (Wildman–Crippen MR) is 134 cm³/mol. The van der Waals surface area contributed by atoms with Gasteiger partial charge in [0.05, 0.1) is 34.6 Å². The molecule has 4 aromatic rings. The number of benzene rings is 2. The van der Waals surface area contributed by atoms with Gasteiger partial charge in [-0.3, -0.25) is 9.59 Å². The summed E-state index contributed by atoms with van der Waals surface area (Å²) in [5.41, 5.74) is 2.20. The van der Waals surface area contributed by atoms with Gasteiger partial charge in [-0.15, -0.1) is 11.3 Å². The van der Waals surface area contributed by atoms with Crippen molar-refractivity contribution in [3.8, 4) is 17.4 Å². The maximum Gasteiger partial charge on any atom is 0.265 e. The average Bonchev–Trinajstić information content (AvgIpc) is 3.38. The van der Waals surface area contributed by atoms with E-state index in [9.17, 15) is 9.59 Å². The van der Waals surface area contributed by atoms with Gasteiger partial charge in [0.25, 0.3) is 11.8 Å². The predicted octanol–water partition coefficient (Wildman–Crippen LogP) is 6.41.